The van der Waals surface area contributed by atoms with E-state index in [2.05, 4.69) is 17.2 Å². The summed E-state index contributed by atoms with van der Waals surface area (Å²) in [6.07, 6.45) is 0.477. The number of hydrogen-bond acceptors (Lipinski definition) is 7. The smallest absolute Gasteiger partial charge is 0.258 e. The number of nitrogens with two attached hydrogens (primary N) is 1. The number of fused-ring (bicyclic) bond motifs is 2. The molecule has 41 heavy (non-hydrogen) atoms. The van der Waals surface area contributed by atoms with E-state index in [1.165, 1.54) is 12.0 Å². The van der Waals surface area contributed by atoms with Gasteiger partial charge in [-0.1, -0.05) is 24.0 Å². The number of rotatable bonds is 3. The Kier molecular flexibility index (Phi) is 6.55. The Bertz CT molecular complexity index is 1690. The Labute approximate surface area is 236 Å². The van der Waals surface area contributed by atoms with Gasteiger partial charge in [-0.25, -0.2) is 0 Å². The molecule has 3 N–H and O–H groups in total. The summed E-state index contributed by atoms with van der Waals surface area (Å²) < 4.78 is 11.3. The molecule has 1 saturated heterocycles. The van der Waals surface area contributed by atoms with E-state index in [4.69, 9.17) is 15.2 Å². The lowest BCUT2D eigenvalue weighted by Crippen LogP contribution is -2.52. The molecule has 3 heterocycles. The minimum atomic E-state index is -0.701. The molecule has 0 aliphatic carbocycles. The standard InChI is InChI=1S/C31H26N4O6/c1-40-26-16-20(10-11-23(26)32)30(38)34-14-15-41-28-19(5-3-7-24(28)34)9-8-18-4-2-6-21-22(18)17-35(31(21)39)25-12-13-27(36)33-29(25)37/h2-7,10-11,16,25H,12-15,17,32H2,1H3,(H,33,36,37). The first kappa shape index (κ1) is 26.0. The van der Waals surface area contributed by atoms with Gasteiger partial charge in [-0.3, -0.25) is 24.5 Å². The number of anilines is 2. The van der Waals surface area contributed by atoms with Crippen LogP contribution in [0, 0.1) is 11.8 Å². The highest BCUT2D eigenvalue weighted by Crippen LogP contribution is 2.36. The van der Waals surface area contributed by atoms with E-state index in [1.54, 1.807) is 35.2 Å². The zero-order chi connectivity index (χ0) is 28.7. The van der Waals surface area contributed by atoms with Gasteiger partial charge in [0.2, 0.25) is 11.8 Å². The summed E-state index contributed by atoms with van der Waals surface area (Å²) >= 11 is 0. The summed E-state index contributed by atoms with van der Waals surface area (Å²) in [5, 5.41) is 2.32. The highest BCUT2D eigenvalue weighted by molar-refractivity contribution is 6.08. The Hall–Kier alpha value is -5.30. The molecule has 206 valence electrons. The number of carbonyl (C=O) groups excluding carboxylic acids is 4. The Balaban J connectivity index is 1.29. The van der Waals surface area contributed by atoms with Crippen LogP contribution in [0.3, 0.4) is 0 Å². The average molecular weight is 551 g/mol. The van der Waals surface area contributed by atoms with E-state index < -0.39 is 11.9 Å². The maximum absolute atomic E-state index is 13.4. The number of methoxy groups -OCH3 is 1. The first-order chi connectivity index (χ1) is 19.9. The van der Waals surface area contributed by atoms with Gasteiger partial charge in [0, 0.05) is 29.7 Å². The lowest BCUT2D eigenvalue weighted by molar-refractivity contribution is -0.136. The van der Waals surface area contributed by atoms with Crippen LogP contribution in [0.5, 0.6) is 11.5 Å². The van der Waals surface area contributed by atoms with Crippen LogP contribution in [-0.2, 0) is 16.1 Å². The zero-order valence-corrected chi connectivity index (χ0v) is 22.2. The number of nitrogen functional groups attached to an aromatic ring is 1. The number of hydrogen-bond donors (Lipinski definition) is 2. The molecule has 0 saturated carbocycles. The highest BCUT2D eigenvalue weighted by atomic mass is 16.5. The minimum absolute atomic E-state index is 0.188. The third-order valence-corrected chi connectivity index (χ3v) is 7.49. The first-order valence-electron chi connectivity index (χ1n) is 13.2. The van der Waals surface area contributed by atoms with Crippen LogP contribution >= 0.6 is 0 Å². The van der Waals surface area contributed by atoms with Crippen molar-refractivity contribution in [3.05, 3.63) is 82.4 Å². The molecule has 4 amide bonds. The number of imide groups is 1. The van der Waals surface area contributed by atoms with Crippen LogP contribution in [0.4, 0.5) is 11.4 Å². The van der Waals surface area contributed by atoms with Gasteiger partial charge >= 0.3 is 0 Å². The topological polar surface area (TPSA) is 131 Å². The molecule has 0 bridgehead atoms. The Morgan fingerprint density at radius 3 is 2.66 bits per heavy atom. The monoisotopic (exact) mass is 550 g/mol. The summed E-state index contributed by atoms with van der Waals surface area (Å²) in [6, 6.07) is 15.0. The van der Waals surface area contributed by atoms with Crippen molar-refractivity contribution in [3.63, 3.8) is 0 Å². The van der Waals surface area contributed by atoms with Gasteiger partial charge < -0.3 is 25.0 Å². The highest BCUT2D eigenvalue weighted by Gasteiger charge is 2.39. The molecule has 10 heteroatoms. The number of benzene rings is 3. The molecule has 1 fully saturated rings. The first-order valence-corrected chi connectivity index (χ1v) is 13.2. The predicted octanol–water partition coefficient (Wildman–Crippen LogP) is 2.48. The number of nitrogens with zero attached hydrogens (tertiary/aromatic N) is 2. The fourth-order valence-corrected chi connectivity index (χ4v) is 5.40. The van der Waals surface area contributed by atoms with Crippen molar-refractivity contribution in [2.75, 3.05) is 30.9 Å². The van der Waals surface area contributed by atoms with E-state index in [0.717, 1.165) is 5.56 Å². The Morgan fingerprint density at radius 2 is 1.85 bits per heavy atom. The number of amides is 4. The maximum Gasteiger partial charge on any atom is 0.258 e. The van der Waals surface area contributed by atoms with Gasteiger partial charge in [-0.05, 0) is 54.4 Å². The fourth-order valence-electron chi connectivity index (χ4n) is 5.40. The van der Waals surface area contributed by atoms with E-state index in [9.17, 15) is 19.2 Å². The van der Waals surface area contributed by atoms with Crippen LogP contribution in [0.1, 0.15) is 50.2 Å². The van der Waals surface area contributed by atoms with Crippen molar-refractivity contribution >= 4 is 35.0 Å². The number of ether oxygens (including phenoxy) is 2. The van der Waals surface area contributed by atoms with Crippen LogP contribution in [0.2, 0.25) is 0 Å². The second kappa shape index (κ2) is 10.4. The second-order valence-corrected chi connectivity index (χ2v) is 9.90. The number of nitrogens with one attached hydrogen (secondary N) is 1. The van der Waals surface area contributed by atoms with E-state index in [-0.39, 0.29) is 37.1 Å². The van der Waals surface area contributed by atoms with Crippen molar-refractivity contribution in [2.45, 2.75) is 25.4 Å². The van der Waals surface area contributed by atoms with Gasteiger partial charge in [0.25, 0.3) is 11.8 Å². The van der Waals surface area contributed by atoms with Crippen molar-refractivity contribution < 1.29 is 28.7 Å². The van der Waals surface area contributed by atoms with Crippen molar-refractivity contribution in [2.24, 2.45) is 0 Å². The van der Waals surface area contributed by atoms with E-state index >= 15 is 0 Å². The van der Waals surface area contributed by atoms with Gasteiger partial charge in [0.05, 0.1) is 30.6 Å². The second-order valence-electron chi connectivity index (χ2n) is 9.90. The number of para-hydroxylation sites is 1. The molecule has 3 aliphatic heterocycles. The third kappa shape index (κ3) is 4.61. The van der Waals surface area contributed by atoms with Crippen molar-refractivity contribution in [3.8, 4) is 23.3 Å². The average Bonchev–Trinajstić information content (AvgIpc) is 3.32. The number of carbonyl (C=O) groups is 4. The summed E-state index contributed by atoms with van der Waals surface area (Å²) in [6.45, 7) is 0.877. The van der Waals surface area contributed by atoms with E-state index in [1.807, 2.05) is 24.3 Å². The molecule has 10 nitrogen and oxygen atoms in total. The largest absolute Gasteiger partial charge is 0.495 e. The van der Waals surface area contributed by atoms with Crippen LogP contribution < -0.4 is 25.4 Å². The molecule has 1 unspecified atom stereocenters. The molecule has 6 rings (SSSR count). The molecular weight excluding hydrogens is 524 g/mol. The third-order valence-electron chi connectivity index (χ3n) is 7.49. The van der Waals surface area contributed by atoms with E-state index in [0.29, 0.717) is 58.3 Å². The van der Waals surface area contributed by atoms with Crippen molar-refractivity contribution in [1.82, 2.24) is 10.2 Å². The number of piperidine rings is 1. The molecule has 0 aromatic heterocycles. The Morgan fingerprint density at radius 1 is 1.07 bits per heavy atom. The molecule has 3 aromatic carbocycles. The lowest BCUT2D eigenvalue weighted by atomic mass is 10.0. The van der Waals surface area contributed by atoms with Gasteiger partial charge in [-0.2, -0.15) is 0 Å². The summed E-state index contributed by atoms with van der Waals surface area (Å²) in [5.74, 6) is 6.00. The van der Waals surface area contributed by atoms with Crippen LogP contribution in [0.15, 0.2) is 54.6 Å². The van der Waals surface area contributed by atoms with Crippen molar-refractivity contribution in [1.29, 1.82) is 0 Å². The summed E-state index contributed by atoms with van der Waals surface area (Å²) in [4.78, 5) is 53.8. The quantitative estimate of drug-likeness (QED) is 0.291. The lowest BCUT2D eigenvalue weighted by Gasteiger charge is -2.30. The minimum Gasteiger partial charge on any atom is -0.495 e. The maximum atomic E-state index is 13.4. The molecule has 0 spiro atoms. The van der Waals surface area contributed by atoms with Crippen LogP contribution in [0.25, 0.3) is 0 Å². The molecule has 3 aromatic rings. The SMILES string of the molecule is COc1cc(C(=O)N2CCOc3c(C#Cc4cccc5c4CN(C4CCC(=O)NC4=O)C5=O)cccc32)ccc1N. The fraction of sp³-hybridized carbons (Fsp3) is 0.226. The van der Waals surface area contributed by atoms with Gasteiger partial charge in [0.15, 0.2) is 5.75 Å². The zero-order valence-electron chi connectivity index (χ0n) is 22.2. The molecule has 3 aliphatic rings. The predicted molar refractivity (Wildman–Crippen MR) is 149 cm³/mol. The van der Waals surface area contributed by atoms with Gasteiger partial charge in [-0.15, -0.1) is 0 Å². The van der Waals surface area contributed by atoms with Crippen LogP contribution in [-0.4, -0.2) is 54.8 Å². The molecule has 0 radical (unpaired) electrons. The molecule has 1 atom stereocenters. The van der Waals surface area contributed by atoms with Gasteiger partial charge in [0.1, 0.15) is 18.4 Å². The molecular formula is C31H26N4O6. The summed E-state index contributed by atoms with van der Waals surface area (Å²) in [7, 11) is 1.50. The summed E-state index contributed by atoms with van der Waals surface area (Å²) in [5.41, 5.74) is 9.87. The normalized spacial score (nSPS) is 17.6.